The van der Waals surface area contributed by atoms with Gasteiger partial charge in [-0.25, -0.2) is 4.39 Å². The van der Waals surface area contributed by atoms with Crippen LogP contribution in [0.3, 0.4) is 0 Å². The highest BCUT2D eigenvalue weighted by Crippen LogP contribution is 2.23. The fourth-order valence-electron chi connectivity index (χ4n) is 1.82. The van der Waals surface area contributed by atoms with Crippen molar-refractivity contribution in [3.8, 4) is 17.6 Å². The highest BCUT2D eigenvalue weighted by molar-refractivity contribution is 6.31. The van der Waals surface area contributed by atoms with E-state index in [4.69, 9.17) is 27.9 Å². The predicted molar refractivity (Wildman–Crippen MR) is 84.5 cm³/mol. The van der Waals surface area contributed by atoms with Crippen molar-refractivity contribution in [1.29, 1.82) is 0 Å². The third kappa shape index (κ3) is 4.39. The van der Waals surface area contributed by atoms with Crippen LogP contribution in [-0.4, -0.2) is 5.88 Å². The SMILES string of the molecule is Cc1cc(C#CCCl)ccc1OCc1ccc(F)cc1Cl. The molecule has 0 spiro atoms. The molecule has 0 radical (unpaired) electrons. The summed E-state index contributed by atoms with van der Waals surface area (Å²) in [6.45, 7) is 2.22. The largest absolute Gasteiger partial charge is 0.489 e. The van der Waals surface area contributed by atoms with Gasteiger partial charge in [0.15, 0.2) is 0 Å². The first kappa shape index (κ1) is 15.7. The molecule has 0 N–H and O–H groups in total. The molecule has 0 amide bonds. The highest BCUT2D eigenvalue weighted by Gasteiger charge is 2.05. The first-order valence-corrected chi connectivity index (χ1v) is 7.23. The Labute approximate surface area is 133 Å². The molecule has 0 saturated heterocycles. The standard InChI is InChI=1S/C17H13Cl2FO/c1-12-9-13(3-2-8-18)4-7-17(12)21-11-14-5-6-15(20)10-16(14)19/h4-7,9-10H,8,11H2,1H3. The Morgan fingerprint density at radius 2 is 2.00 bits per heavy atom. The Hall–Kier alpha value is -1.69. The van der Waals surface area contributed by atoms with Gasteiger partial charge in [-0.3, -0.25) is 0 Å². The number of alkyl halides is 1. The normalized spacial score (nSPS) is 9.90. The van der Waals surface area contributed by atoms with Crippen LogP contribution in [0.25, 0.3) is 0 Å². The molecule has 21 heavy (non-hydrogen) atoms. The molecular formula is C17H13Cl2FO. The summed E-state index contributed by atoms with van der Waals surface area (Å²) in [6, 6.07) is 9.91. The summed E-state index contributed by atoms with van der Waals surface area (Å²) in [4.78, 5) is 0. The number of hydrogen-bond acceptors (Lipinski definition) is 1. The maximum absolute atomic E-state index is 13.0. The fraction of sp³-hybridized carbons (Fsp3) is 0.176. The van der Waals surface area contributed by atoms with Crippen LogP contribution >= 0.6 is 23.2 Å². The molecule has 0 aromatic heterocycles. The van der Waals surface area contributed by atoms with E-state index in [0.717, 1.165) is 22.4 Å². The minimum Gasteiger partial charge on any atom is -0.489 e. The summed E-state index contributed by atoms with van der Waals surface area (Å²) in [5.74, 6) is 6.44. The molecule has 2 aromatic rings. The van der Waals surface area contributed by atoms with Crippen molar-refractivity contribution in [2.24, 2.45) is 0 Å². The zero-order chi connectivity index (χ0) is 15.2. The molecule has 2 rings (SSSR count). The van der Waals surface area contributed by atoms with Gasteiger partial charge in [0.25, 0.3) is 0 Å². The van der Waals surface area contributed by atoms with E-state index in [-0.39, 0.29) is 12.4 Å². The van der Waals surface area contributed by atoms with Gasteiger partial charge in [0.2, 0.25) is 0 Å². The lowest BCUT2D eigenvalue weighted by Crippen LogP contribution is -1.98. The average molecular weight is 323 g/mol. The number of hydrogen-bond donors (Lipinski definition) is 0. The monoisotopic (exact) mass is 322 g/mol. The zero-order valence-corrected chi connectivity index (χ0v) is 12.9. The molecule has 108 valence electrons. The predicted octanol–water partition coefficient (Wildman–Crippen LogP) is 4.96. The summed E-state index contributed by atoms with van der Waals surface area (Å²) in [5, 5.41) is 0.359. The van der Waals surface area contributed by atoms with E-state index in [9.17, 15) is 4.39 Å². The lowest BCUT2D eigenvalue weighted by molar-refractivity contribution is 0.304. The first-order chi connectivity index (χ1) is 10.1. The number of rotatable bonds is 3. The van der Waals surface area contributed by atoms with Gasteiger partial charge >= 0.3 is 0 Å². The van der Waals surface area contributed by atoms with Crippen molar-refractivity contribution < 1.29 is 9.13 Å². The van der Waals surface area contributed by atoms with E-state index < -0.39 is 0 Å². The van der Waals surface area contributed by atoms with Gasteiger partial charge in [-0.2, -0.15) is 0 Å². The lowest BCUT2D eigenvalue weighted by Gasteiger charge is -2.10. The minimum absolute atomic E-state index is 0.284. The van der Waals surface area contributed by atoms with Crippen molar-refractivity contribution in [2.75, 3.05) is 5.88 Å². The van der Waals surface area contributed by atoms with Crippen LogP contribution in [0.4, 0.5) is 4.39 Å². The molecule has 4 heteroatoms. The summed E-state index contributed by atoms with van der Waals surface area (Å²) in [5.41, 5.74) is 2.60. The van der Waals surface area contributed by atoms with Crippen LogP contribution in [0.5, 0.6) is 5.75 Å². The lowest BCUT2D eigenvalue weighted by atomic mass is 10.1. The quantitative estimate of drug-likeness (QED) is 0.573. The third-order valence-corrected chi connectivity index (χ3v) is 3.36. The van der Waals surface area contributed by atoms with Crippen LogP contribution in [0.1, 0.15) is 16.7 Å². The molecule has 0 aliphatic heterocycles. The van der Waals surface area contributed by atoms with Crippen LogP contribution in [-0.2, 0) is 6.61 Å². The van der Waals surface area contributed by atoms with E-state index in [0.29, 0.717) is 10.9 Å². The molecule has 0 heterocycles. The molecule has 2 aromatic carbocycles. The summed E-state index contributed by atoms with van der Waals surface area (Å²) in [7, 11) is 0. The zero-order valence-electron chi connectivity index (χ0n) is 11.4. The average Bonchev–Trinajstić information content (AvgIpc) is 2.45. The first-order valence-electron chi connectivity index (χ1n) is 6.32. The second-order valence-electron chi connectivity index (χ2n) is 4.44. The van der Waals surface area contributed by atoms with E-state index >= 15 is 0 Å². The van der Waals surface area contributed by atoms with Crippen molar-refractivity contribution in [1.82, 2.24) is 0 Å². The molecule has 0 fully saturated rings. The van der Waals surface area contributed by atoms with E-state index in [2.05, 4.69) is 11.8 Å². The Morgan fingerprint density at radius 1 is 1.19 bits per heavy atom. The fourth-order valence-corrected chi connectivity index (χ4v) is 2.11. The summed E-state index contributed by atoms with van der Waals surface area (Å²) < 4.78 is 18.7. The van der Waals surface area contributed by atoms with Crippen LogP contribution in [0.2, 0.25) is 5.02 Å². The van der Waals surface area contributed by atoms with Gasteiger partial charge < -0.3 is 4.74 Å². The van der Waals surface area contributed by atoms with Crippen molar-refractivity contribution in [2.45, 2.75) is 13.5 Å². The Morgan fingerprint density at radius 3 is 2.67 bits per heavy atom. The third-order valence-electron chi connectivity index (χ3n) is 2.87. The maximum Gasteiger partial charge on any atom is 0.124 e. The number of halogens is 3. The van der Waals surface area contributed by atoms with E-state index in [1.165, 1.54) is 12.1 Å². The van der Waals surface area contributed by atoms with Gasteiger partial charge in [0.1, 0.15) is 18.2 Å². The summed E-state index contributed by atoms with van der Waals surface area (Å²) >= 11 is 11.5. The second-order valence-corrected chi connectivity index (χ2v) is 5.11. The molecule has 0 aliphatic rings. The number of ether oxygens (including phenoxy) is 1. The maximum atomic E-state index is 13.0. The van der Waals surface area contributed by atoms with Crippen molar-refractivity contribution in [3.05, 3.63) is 63.9 Å². The molecule has 0 atom stereocenters. The van der Waals surface area contributed by atoms with Crippen LogP contribution in [0.15, 0.2) is 36.4 Å². The van der Waals surface area contributed by atoms with Crippen LogP contribution in [0, 0.1) is 24.6 Å². The van der Waals surface area contributed by atoms with Gasteiger partial charge in [-0.15, -0.1) is 11.6 Å². The molecular weight excluding hydrogens is 310 g/mol. The topological polar surface area (TPSA) is 9.23 Å². The van der Waals surface area contributed by atoms with E-state index in [1.54, 1.807) is 6.07 Å². The van der Waals surface area contributed by atoms with Crippen LogP contribution < -0.4 is 4.74 Å². The Kier molecular flexibility index (Phi) is 5.50. The van der Waals surface area contributed by atoms with Gasteiger partial charge in [-0.1, -0.05) is 29.5 Å². The molecule has 0 aliphatic carbocycles. The number of aryl methyl sites for hydroxylation is 1. The number of benzene rings is 2. The second kappa shape index (κ2) is 7.36. The minimum atomic E-state index is -0.359. The smallest absolute Gasteiger partial charge is 0.124 e. The van der Waals surface area contributed by atoms with Crippen molar-refractivity contribution in [3.63, 3.8) is 0 Å². The molecule has 1 nitrogen and oxygen atoms in total. The van der Waals surface area contributed by atoms with E-state index in [1.807, 2.05) is 25.1 Å². The van der Waals surface area contributed by atoms with Gasteiger partial charge in [0, 0.05) is 11.1 Å². The highest BCUT2D eigenvalue weighted by atomic mass is 35.5. The van der Waals surface area contributed by atoms with Gasteiger partial charge in [-0.05, 0) is 42.8 Å². The Balaban J connectivity index is 2.09. The molecule has 0 bridgehead atoms. The molecule has 0 unspecified atom stereocenters. The van der Waals surface area contributed by atoms with Crippen molar-refractivity contribution >= 4 is 23.2 Å². The Bertz CT molecular complexity index is 702. The molecule has 0 saturated carbocycles. The van der Waals surface area contributed by atoms with Gasteiger partial charge in [0.05, 0.1) is 10.9 Å². The summed E-state index contributed by atoms with van der Waals surface area (Å²) in [6.07, 6.45) is 0.